The molecule has 1 fully saturated rings. The van der Waals surface area contributed by atoms with Crippen LogP contribution in [-0.2, 0) is 19.6 Å². The molecule has 174 valence electrons. The Bertz CT molecular complexity index is 1030. The summed E-state index contributed by atoms with van der Waals surface area (Å²) in [6.07, 6.45) is 0. The van der Waals surface area contributed by atoms with Gasteiger partial charge in [0.15, 0.2) is 6.61 Å². The Labute approximate surface area is 189 Å². The average molecular weight is 463 g/mol. The van der Waals surface area contributed by atoms with Gasteiger partial charge in [0.1, 0.15) is 18.1 Å². The smallest absolute Gasteiger partial charge is 0.258 e. The minimum Gasteiger partial charge on any atom is -0.492 e. The number of benzene rings is 2. The molecule has 1 heterocycles. The molecule has 1 amide bonds. The van der Waals surface area contributed by atoms with Gasteiger partial charge in [0, 0.05) is 13.1 Å². The number of carbonyl (C=O) groups is 1. The predicted octanol–water partition coefficient (Wildman–Crippen LogP) is 2.21. The van der Waals surface area contributed by atoms with Crippen molar-refractivity contribution in [2.45, 2.75) is 25.7 Å². The molecule has 9 heteroatoms. The maximum Gasteiger partial charge on any atom is 0.258 e. The summed E-state index contributed by atoms with van der Waals surface area (Å²) in [6, 6.07) is 10.3. The molecular formula is C23H30N2O6S. The highest BCUT2D eigenvalue weighted by Gasteiger charge is 2.26. The second kappa shape index (κ2) is 10.8. The summed E-state index contributed by atoms with van der Waals surface area (Å²) in [7, 11) is -3.53. The van der Waals surface area contributed by atoms with Crippen LogP contribution in [0.25, 0.3) is 0 Å². The van der Waals surface area contributed by atoms with Crippen LogP contribution in [0.15, 0.2) is 41.3 Å². The van der Waals surface area contributed by atoms with Gasteiger partial charge >= 0.3 is 0 Å². The van der Waals surface area contributed by atoms with Gasteiger partial charge in [0.25, 0.3) is 5.91 Å². The van der Waals surface area contributed by atoms with E-state index in [1.54, 1.807) is 12.1 Å². The van der Waals surface area contributed by atoms with Gasteiger partial charge in [-0.2, -0.15) is 4.31 Å². The molecule has 0 bridgehead atoms. The molecule has 0 spiro atoms. The Morgan fingerprint density at radius 3 is 2.44 bits per heavy atom. The molecule has 1 saturated heterocycles. The predicted molar refractivity (Wildman–Crippen MR) is 121 cm³/mol. The Balaban J connectivity index is 1.41. The zero-order chi connectivity index (χ0) is 23.1. The van der Waals surface area contributed by atoms with Crippen molar-refractivity contribution in [1.29, 1.82) is 0 Å². The van der Waals surface area contributed by atoms with Crippen LogP contribution in [0, 0.1) is 20.8 Å². The minimum absolute atomic E-state index is 0.0716. The van der Waals surface area contributed by atoms with Crippen molar-refractivity contribution in [2.24, 2.45) is 0 Å². The molecule has 32 heavy (non-hydrogen) atoms. The van der Waals surface area contributed by atoms with Crippen LogP contribution in [0.2, 0.25) is 0 Å². The lowest BCUT2D eigenvalue weighted by molar-refractivity contribution is -0.123. The quantitative estimate of drug-likeness (QED) is 0.575. The number of nitrogens with one attached hydrogen (secondary N) is 1. The van der Waals surface area contributed by atoms with Gasteiger partial charge in [-0.25, -0.2) is 8.42 Å². The highest BCUT2D eigenvalue weighted by molar-refractivity contribution is 7.89. The lowest BCUT2D eigenvalue weighted by Gasteiger charge is -2.26. The summed E-state index contributed by atoms with van der Waals surface area (Å²) in [5.74, 6) is 1.00. The Hall–Kier alpha value is -2.62. The third-order valence-electron chi connectivity index (χ3n) is 5.25. The molecule has 3 rings (SSSR count). The first-order valence-corrected chi connectivity index (χ1v) is 12.0. The molecule has 8 nitrogen and oxygen atoms in total. The third-order valence-corrected chi connectivity index (χ3v) is 7.16. The SMILES string of the molecule is Cc1cc(C)c(C)c(OCC(=O)NCCOc2ccc(S(=O)(=O)N3CCOCC3)cc2)c1. The lowest BCUT2D eigenvalue weighted by Crippen LogP contribution is -2.40. The van der Waals surface area contributed by atoms with E-state index in [0.717, 1.165) is 16.7 Å². The van der Waals surface area contributed by atoms with Crippen molar-refractivity contribution in [1.82, 2.24) is 9.62 Å². The molecule has 1 N–H and O–H groups in total. The van der Waals surface area contributed by atoms with E-state index < -0.39 is 10.0 Å². The van der Waals surface area contributed by atoms with E-state index in [2.05, 4.69) is 11.4 Å². The summed E-state index contributed by atoms with van der Waals surface area (Å²) in [4.78, 5) is 12.3. The average Bonchev–Trinajstić information content (AvgIpc) is 2.79. The molecule has 0 saturated carbocycles. The number of sulfonamides is 1. The van der Waals surface area contributed by atoms with Crippen LogP contribution in [-0.4, -0.2) is 64.7 Å². The lowest BCUT2D eigenvalue weighted by atomic mass is 10.1. The third kappa shape index (κ3) is 6.21. The van der Waals surface area contributed by atoms with Crippen molar-refractivity contribution in [3.63, 3.8) is 0 Å². The highest BCUT2D eigenvalue weighted by atomic mass is 32.2. The summed E-state index contributed by atoms with van der Waals surface area (Å²) >= 11 is 0. The normalized spacial score (nSPS) is 14.7. The molecular weight excluding hydrogens is 432 g/mol. The van der Waals surface area contributed by atoms with Crippen LogP contribution >= 0.6 is 0 Å². The first-order valence-electron chi connectivity index (χ1n) is 10.6. The highest BCUT2D eigenvalue weighted by Crippen LogP contribution is 2.23. The van der Waals surface area contributed by atoms with Crippen LogP contribution in [0.4, 0.5) is 0 Å². The molecule has 0 radical (unpaired) electrons. The molecule has 0 atom stereocenters. The van der Waals surface area contributed by atoms with Crippen LogP contribution in [0.3, 0.4) is 0 Å². The van der Waals surface area contributed by atoms with Gasteiger partial charge in [0.2, 0.25) is 10.0 Å². The van der Waals surface area contributed by atoms with Gasteiger partial charge in [0.05, 0.1) is 24.7 Å². The van der Waals surface area contributed by atoms with Crippen molar-refractivity contribution in [3.05, 3.63) is 53.1 Å². The number of carbonyl (C=O) groups excluding carboxylic acids is 1. The van der Waals surface area contributed by atoms with Crippen molar-refractivity contribution < 1.29 is 27.4 Å². The van der Waals surface area contributed by atoms with Gasteiger partial charge in [-0.05, 0) is 67.8 Å². The largest absolute Gasteiger partial charge is 0.492 e. The molecule has 0 aliphatic carbocycles. The first kappa shape index (κ1) is 24.0. The molecule has 0 aromatic heterocycles. The summed E-state index contributed by atoms with van der Waals surface area (Å²) in [6.45, 7) is 7.97. The summed E-state index contributed by atoms with van der Waals surface area (Å²) in [5.41, 5.74) is 3.23. The van der Waals surface area contributed by atoms with Crippen molar-refractivity contribution in [2.75, 3.05) is 46.1 Å². The van der Waals surface area contributed by atoms with Gasteiger partial charge < -0.3 is 19.5 Å². The Kier molecular flexibility index (Phi) is 8.11. The summed E-state index contributed by atoms with van der Waals surface area (Å²) in [5, 5.41) is 2.75. The number of hydrogen-bond acceptors (Lipinski definition) is 6. The first-order chi connectivity index (χ1) is 15.3. The van der Waals surface area contributed by atoms with E-state index in [1.165, 1.54) is 16.4 Å². The number of nitrogens with zero attached hydrogens (tertiary/aromatic N) is 1. The number of rotatable bonds is 9. The molecule has 2 aromatic carbocycles. The van der Waals surface area contributed by atoms with E-state index in [0.29, 0.717) is 44.3 Å². The van der Waals surface area contributed by atoms with Crippen LogP contribution in [0.1, 0.15) is 16.7 Å². The van der Waals surface area contributed by atoms with E-state index >= 15 is 0 Å². The number of hydrogen-bond donors (Lipinski definition) is 1. The Morgan fingerprint density at radius 1 is 1.06 bits per heavy atom. The molecule has 1 aliphatic rings. The number of morpholine rings is 1. The number of aryl methyl sites for hydroxylation is 2. The summed E-state index contributed by atoms with van der Waals surface area (Å²) < 4.78 is 43.1. The molecule has 1 aliphatic heterocycles. The number of amides is 1. The zero-order valence-electron chi connectivity index (χ0n) is 18.7. The van der Waals surface area contributed by atoms with Crippen LogP contribution < -0.4 is 14.8 Å². The Morgan fingerprint density at radius 2 is 1.75 bits per heavy atom. The maximum absolute atomic E-state index is 12.6. The fourth-order valence-corrected chi connectivity index (χ4v) is 4.76. The maximum atomic E-state index is 12.6. The van der Waals surface area contributed by atoms with Crippen molar-refractivity contribution in [3.8, 4) is 11.5 Å². The second-order valence-corrected chi connectivity index (χ2v) is 9.62. The van der Waals surface area contributed by atoms with E-state index in [4.69, 9.17) is 14.2 Å². The topological polar surface area (TPSA) is 94.2 Å². The minimum atomic E-state index is -3.53. The van der Waals surface area contributed by atoms with Crippen molar-refractivity contribution >= 4 is 15.9 Å². The van der Waals surface area contributed by atoms with Gasteiger partial charge in [-0.15, -0.1) is 0 Å². The monoisotopic (exact) mass is 462 g/mol. The van der Waals surface area contributed by atoms with Gasteiger partial charge in [-0.3, -0.25) is 4.79 Å². The molecule has 0 unspecified atom stereocenters. The van der Waals surface area contributed by atoms with E-state index in [1.807, 2.05) is 26.8 Å². The standard InChI is InChI=1S/C23H30N2O6S/c1-17-14-18(2)19(3)22(15-17)31-16-23(26)24-8-11-30-20-4-6-21(7-5-20)32(27,28)25-9-12-29-13-10-25/h4-7,14-15H,8-13,16H2,1-3H3,(H,24,26). The van der Waals surface area contributed by atoms with E-state index in [9.17, 15) is 13.2 Å². The van der Waals surface area contributed by atoms with Gasteiger partial charge in [-0.1, -0.05) is 6.07 Å². The second-order valence-electron chi connectivity index (χ2n) is 7.68. The van der Waals surface area contributed by atoms with E-state index in [-0.39, 0.29) is 24.0 Å². The van der Waals surface area contributed by atoms with Crippen LogP contribution in [0.5, 0.6) is 11.5 Å². The number of ether oxygens (including phenoxy) is 3. The fraction of sp³-hybridized carbons (Fsp3) is 0.435. The fourth-order valence-electron chi connectivity index (χ4n) is 3.35. The molecule has 2 aromatic rings. The zero-order valence-corrected chi connectivity index (χ0v) is 19.5.